The van der Waals surface area contributed by atoms with Crippen molar-refractivity contribution in [2.75, 3.05) is 44.3 Å². The van der Waals surface area contributed by atoms with E-state index in [2.05, 4.69) is 11.1 Å². The van der Waals surface area contributed by atoms with E-state index >= 15 is 0 Å². The molecule has 11 heteroatoms. The molecule has 3 aromatic heterocycles. The first-order chi connectivity index (χ1) is 15.0. The zero-order chi connectivity index (χ0) is 22.1. The molecule has 10 nitrogen and oxygen atoms in total. The average molecular weight is 440 g/mol. The minimum absolute atomic E-state index is 0.0460. The van der Waals surface area contributed by atoms with Crippen LogP contribution in [0.2, 0.25) is 0 Å². The fourth-order valence-electron chi connectivity index (χ4n) is 3.56. The summed E-state index contributed by atoms with van der Waals surface area (Å²) in [5, 5.41) is 10.1. The van der Waals surface area contributed by atoms with Crippen LogP contribution in [0.4, 0.5) is 16.3 Å². The summed E-state index contributed by atoms with van der Waals surface area (Å²) >= 11 is 1.12. The van der Waals surface area contributed by atoms with Crippen molar-refractivity contribution < 1.29 is 18.7 Å². The topological polar surface area (TPSA) is 152 Å². The zero-order valence-corrected chi connectivity index (χ0v) is 17.6. The zero-order valence-electron chi connectivity index (χ0n) is 16.8. The van der Waals surface area contributed by atoms with Crippen molar-refractivity contribution in [1.82, 2.24) is 14.8 Å². The van der Waals surface area contributed by atoms with Crippen LogP contribution in [0.15, 0.2) is 22.8 Å². The molecule has 4 heterocycles. The third-order valence-electron chi connectivity index (χ3n) is 5.07. The summed E-state index contributed by atoms with van der Waals surface area (Å²) in [7, 11) is 0. The standard InChI is InChI=1S/C20H20N6O4S/c1-2-29-20(28)26-7-5-25(6-8-26)19(27)16-15(22)14-13(12-4-3-9-30-12)11(10-21)17(23)24-18(14)31-16/h3-4,9H,2,5-8,22H2,1H3,(H2,23,24). The molecule has 0 unspecified atom stereocenters. The third kappa shape index (κ3) is 3.51. The second kappa shape index (κ2) is 8.16. The number of amides is 2. The number of hydrogen-bond acceptors (Lipinski definition) is 9. The second-order valence-electron chi connectivity index (χ2n) is 6.84. The van der Waals surface area contributed by atoms with Gasteiger partial charge in [-0.1, -0.05) is 0 Å². The number of piperazine rings is 1. The lowest BCUT2D eigenvalue weighted by atomic mass is 10.0. The summed E-state index contributed by atoms with van der Waals surface area (Å²) in [6.07, 6.45) is 1.10. The molecule has 1 aliphatic rings. The number of thiophene rings is 1. The average Bonchev–Trinajstić information content (AvgIpc) is 3.41. The molecule has 1 fully saturated rings. The third-order valence-corrected chi connectivity index (χ3v) is 6.16. The smallest absolute Gasteiger partial charge is 0.409 e. The van der Waals surface area contributed by atoms with Crippen LogP contribution in [0.3, 0.4) is 0 Å². The van der Waals surface area contributed by atoms with Gasteiger partial charge >= 0.3 is 6.09 Å². The fraction of sp³-hybridized carbons (Fsp3) is 0.300. The van der Waals surface area contributed by atoms with Gasteiger partial charge < -0.3 is 30.4 Å². The lowest BCUT2D eigenvalue weighted by Gasteiger charge is -2.33. The van der Waals surface area contributed by atoms with Crippen molar-refractivity contribution in [3.05, 3.63) is 28.8 Å². The maximum absolute atomic E-state index is 13.2. The number of furan rings is 1. The number of rotatable bonds is 3. The maximum Gasteiger partial charge on any atom is 0.409 e. The summed E-state index contributed by atoms with van der Waals surface area (Å²) in [4.78, 5) is 33.4. The molecule has 31 heavy (non-hydrogen) atoms. The van der Waals surface area contributed by atoms with Gasteiger partial charge in [-0.3, -0.25) is 4.79 Å². The van der Waals surface area contributed by atoms with E-state index in [1.54, 1.807) is 28.9 Å². The lowest BCUT2D eigenvalue weighted by molar-refractivity contribution is 0.0575. The first-order valence-corrected chi connectivity index (χ1v) is 10.4. The van der Waals surface area contributed by atoms with Crippen molar-refractivity contribution in [2.45, 2.75) is 6.92 Å². The highest BCUT2D eigenvalue weighted by Gasteiger charge is 2.30. The van der Waals surface area contributed by atoms with E-state index in [1.807, 2.05) is 0 Å². The van der Waals surface area contributed by atoms with Crippen LogP contribution in [0.5, 0.6) is 0 Å². The van der Waals surface area contributed by atoms with Gasteiger partial charge in [0.15, 0.2) is 0 Å². The Morgan fingerprint density at radius 3 is 2.61 bits per heavy atom. The molecule has 0 radical (unpaired) electrons. The number of hydrogen-bond donors (Lipinski definition) is 2. The van der Waals surface area contributed by atoms with Crippen LogP contribution in [0, 0.1) is 11.3 Å². The van der Waals surface area contributed by atoms with Crippen molar-refractivity contribution in [2.24, 2.45) is 0 Å². The summed E-state index contributed by atoms with van der Waals surface area (Å²) < 4.78 is 10.5. The molecule has 1 aliphatic heterocycles. The predicted molar refractivity (Wildman–Crippen MR) is 115 cm³/mol. The highest BCUT2D eigenvalue weighted by molar-refractivity contribution is 7.21. The van der Waals surface area contributed by atoms with Crippen LogP contribution >= 0.6 is 11.3 Å². The Morgan fingerprint density at radius 2 is 2.00 bits per heavy atom. The first-order valence-electron chi connectivity index (χ1n) is 9.62. The largest absolute Gasteiger partial charge is 0.464 e. The van der Waals surface area contributed by atoms with Crippen molar-refractivity contribution in [1.29, 1.82) is 5.26 Å². The first kappa shape index (κ1) is 20.5. The monoisotopic (exact) mass is 440 g/mol. The molecule has 0 aliphatic carbocycles. The summed E-state index contributed by atoms with van der Waals surface area (Å²) in [5.74, 6) is 0.207. The Morgan fingerprint density at radius 1 is 1.29 bits per heavy atom. The normalized spacial score (nSPS) is 13.9. The fourth-order valence-corrected chi connectivity index (χ4v) is 4.64. The SMILES string of the molecule is CCOC(=O)N1CCN(C(=O)c2sc3nc(N)c(C#N)c(-c4ccco4)c3c2N)CC1. The van der Waals surface area contributed by atoms with Crippen LogP contribution in [0.1, 0.15) is 22.2 Å². The number of nitrogens with zero attached hydrogens (tertiary/aromatic N) is 4. The van der Waals surface area contributed by atoms with Crippen molar-refractivity contribution >= 4 is 45.1 Å². The number of nitrogens with two attached hydrogens (primary N) is 2. The summed E-state index contributed by atoms with van der Waals surface area (Å²) in [6, 6.07) is 5.44. The Kier molecular flexibility index (Phi) is 5.39. The van der Waals surface area contributed by atoms with Gasteiger partial charge in [0.2, 0.25) is 0 Å². The van der Waals surface area contributed by atoms with Gasteiger partial charge in [-0.05, 0) is 19.1 Å². The lowest BCUT2D eigenvalue weighted by Crippen LogP contribution is -2.50. The number of carbonyl (C=O) groups is 2. The quantitative estimate of drug-likeness (QED) is 0.630. The number of anilines is 2. The number of pyridine rings is 1. The van der Waals surface area contributed by atoms with E-state index in [1.165, 1.54) is 6.26 Å². The van der Waals surface area contributed by atoms with Crippen LogP contribution in [0.25, 0.3) is 21.5 Å². The molecule has 2 amide bonds. The number of ether oxygens (including phenoxy) is 1. The minimum atomic E-state index is -0.386. The van der Waals surface area contributed by atoms with Crippen LogP contribution in [-0.2, 0) is 4.74 Å². The van der Waals surface area contributed by atoms with Gasteiger partial charge in [-0.25, -0.2) is 9.78 Å². The van der Waals surface area contributed by atoms with E-state index in [0.29, 0.717) is 59.2 Å². The van der Waals surface area contributed by atoms with Gasteiger partial charge in [-0.2, -0.15) is 5.26 Å². The molecular formula is C20H20N6O4S. The van der Waals surface area contributed by atoms with Gasteiger partial charge in [-0.15, -0.1) is 11.3 Å². The predicted octanol–water partition coefficient (Wildman–Crippen LogP) is 2.51. The molecule has 4 N–H and O–H groups in total. The molecule has 160 valence electrons. The summed E-state index contributed by atoms with van der Waals surface area (Å²) in [5.41, 5.74) is 13.2. The van der Waals surface area contributed by atoms with E-state index in [4.69, 9.17) is 20.6 Å². The van der Waals surface area contributed by atoms with Gasteiger partial charge in [0.05, 0.1) is 24.1 Å². The highest BCUT2D eigenvalue weighted by Crippen LogP contribution is 2.43. The van der Waals surface area contributed by atoms with Crippen molar-refractivity contribution in [3.8, 4) is 17.4 Å². The van der Waals surface area contributed by atoms with Crippen molar-refractivity contribution in [3.63, 3.8) is 0 Å². The second-order valence-corrected chi connectivity index (χ2v) is 7.84. The molecular weight excluding hydrogens is 420 g/mol. The number of nitriles is 1. The van der Waals surface area contributed by atoms with E-state index < -0.39 is 0 Å². The molecule has 0 saturated carbocycles. The van der Waals surface area contributed by atoms with Gasteiger partial charge in [0.1, 0.15) is 32.9 Å². The maximum atomic E-state index is 13.2. The molecule has 1 saturated heterocycles. The van der Waals surface area contributed by atoms with Gasteiger partial charge in [0.25, 0.3) is 5.91 Å². The van der Waals surface area contributed by atoms with E-state index in [-0.39, 0.29) is 29.1 Å². The molecule has 0 atom stereocenters. The Hall–Kier alpha value is -3.78. The molecule has 0 bridgehead atoms. The Labute approximate surface area is 181 Å². The highest BCUT2D eigenvalue weighted by atomic mass is 32.1. The minimum Gasteiger partial charge on any atom is -0.464 e. The molecule has 0 spiro atoms. The summed E-state index contributed by atoms with van der Waals surface area (Å²) in [6.45, 7) is 3.50. The van der Waals surface area contributed by atoms with Gasteiger partial charge in [0, 0.05) is 31.6 Å². The van der Waals surface area contributed by atoms with Crippen LogP contribution < -0.4 is 11.5 Å². The molecule has 4 rings (SSSR count). The molecule has 3 aromatic rings. The number of carbonyl (C=O) groups excluding carboxylic acids is 2. The van der Waals surface area contributed by atoms with Crippen LogP contribution in [-0.4, -0.2) is 59.6 Å². The number of nitrogen functional groups attached to an aromatic ring is 2. The Bertz CT molecular complexity index is 1190. The Balaban J connectivity index is 1.69. The number of aromatic nitrogens is 1. The van der Waals surface area contributed by atoms with E-state index in [0.717, 1.165) is 11.3 Å². The number of fused-ring (bicyclic) bond motifs is 1. The molecule has 0 aromatic carbocycles. The van der Waals surface area contributed by atoms with E-state index in [9.17, 15) is 14.9 Å².